The third kappa shape index (κ3) is 47.7. The topological polar surface area (TPSA) is 307 Å². The Balaban J connectivity index is 1.33. The van der Waals surface area contributed by atoms with Crippen LogP contribution in [0.4, 0.5) is 0 Å². The monoisotopic (exact) mass is 1530 g/mol. The molecule has 19 heteroatoms. The molecule has 0 saturated carbocycles. The summed E-state index contributed by atoms with van der Waals surface area (Å²) >= 11 is 0. The van der Waals surface area contributed by atoms with Crippen LogP contribution in [0.3, 0.4) is 0 Å². The number of carbonyl (C=O) groups excluding carboxylic acids is 1. The summed E-state index contributed by atoms with van der Waals surface area (Å²) in [5.74, 6) is -0.266. The van der Waals surface area contributed by atoms with Crippen LogP contribution in [-0.4, -0.2) is 193 Å². The fraction of sp³-hybridized carbons (Fsp3) is 0.943. The Bertz CT molecular complexity index is 2020. The molecule has 3 saturated heterocycles. The van der Waals surface area contributed by atoms with E-state index in [0.29, 0.717) is 6.42 Å². The van der Waals surface area contributed by atoms with Crippen molar-refractivity contribution >= 4 is 5.91 Å². The lowest BCUT2D eigenvalue weighted by atomic mass is 9.96. The third-order valence-electron chi connectivity index (χ3n) is 22.7. The average Bonchev–Trinajstić information content (AvgIpc) is 0.782. The van der Waals surface area contributed by atoms with E-state index in [1.165, 1.54) is 327 Å². The highest BCUT2D eigenvalue weighted by Crippen LogP contribution is 2.34. The first-order valence-electron chi connectivity index (χ1n) is 45.1. The van der Waals surface area contributed by atoms with Gasteiger partial charge in [0.05, 0.1) is 38.6 Å². The molecule has 3 aliphatic rings. The van der Waals surface area contributed by atoms with Gasteiger partial charge in [0.15, 0.2) is 18.9 Å². The smallest absolute Gasteiger partial charge is 0.220 e. The highest BCUT2D eigenvalue weighted by molar-refractivity contribution is 5.76. The molecule has 3 rings (SSSR count). The molecule has 19 nitrogen and oxygen atoms in total. The number of hydrogen-bond acceptors (Lipinski definition) is 18. The van der Waals surface area contributed by atoms with Crippen molar-refractivity contribution in [2.75, 3.05) is 26.4 Å². The Kier molecular flexibility index (Phi) is 63.8. The fourth-order valence-corrected chi connectivity index (χ4v) is 15.5. The minimum Gasteiger partial charge on any atom is -0.394 e. The van der Waals surface area contributed by atoms with Crippen molar-refractivity contribution in [2.24, 2.45) is 0 Å². The molecule has 3 heterocycles. The van der Waals surface area contributed by atoms with Crippen molar-refractivity contribution in [3.05, 3.63) is 24.3 Å². The highest BCUT2D eigenvalue weighted by Gasteiger charge is 2.54. The molecular formula is C88H167NO18. The predicted molar refractivity (Wildman–Crippen MR) is 430 cm³/mol. The van der Waals surface area contributed by atoms with E-state index in [9.17, 15) is 61.0 Å². The molecule has 3 aliphatic heterocycles. The number of amides is 1. The van der Waals surface area contributed by atoms with Crippen LogP contribution in [0, 0.1) is 0 Å². The van der Waals surface area contributed by atoms with Gasteiger partial charge in [0.2, 0.25) is 5.91 Å². The second-order valence-corrected chi connectivity index (χ2v) is 32.4. The molecule has 0 radical (unpaired) electrons. The Labute approximate surface area is 651 Å². The van der Waals surface area contributed by atoms with Crippen molar-refractivity contribution in [1.82, 2.24) is 5.32 Å². The number of rotatable bonds is 74. The SMILES string of the molecule is CCCCCCCCCC/C=C\CCCCCCCCCCCCCCCCCCCCCCCC(=O)NC(COC1OC(CO)C(OC2OC(CO)C(OC3OC(CO)C(O)C(O)C3O)C(O)C2O)C(O)C1O)C(O)/C=C/CCCCCCCCCCCCCCCCCCCCCCCCCCCCC. The Morgan fingerprint density at radius 3 is 0.907 bits per heavy atom. The van der Waals surface area contributed by atoms with Gasteiger partial charge in [-0.3, -0.25) is 4.79 Å². The van der Waals surface area contributed by atoms with E-state index >= 15 is 0 Å². The Morgan fingerprint density at radius 1 is 0.327 bits per heavy atom. The molecule has 1 amide bonds. The van der Waals surface area contributed by atoms with Crippen LogP contribution in [0.2, 0.25) is 0 Å². The lowest BCUT2D eigenvalue weighted by Crippen LogP contribution is -2.66. The summed E-state index contributed by atoms with van der Waals surface area (Å²) in [4.78, 5) is 13.5. The first-order valence-corrected chi connectivity index (χ1v) is 45.1. The maximum Gasteiger partial charge on any atom is 0.220 e. The van der Waals surface area contributed by atoms with E-state index in [1.54, 1.807) is 6.08 Å². The van der Waals surface area contributed by atoms with E-state index in [-0.39, 0.29) is 18.9 Å². The van der Waals surface area contributed by atoms with Gasteiger partial charge in [-0.1, -0.05) is 372 Å². The van der Waals surface area contributed by atoms with E-state index in [4.69, 9.17) is 28.4 Å². The summed E-state index contributed by atoms with van der Waals surface area (Å²) in [7, 11) is 0. The molecule has 0 aliphatic carbocycles. The Morgan fingerprint density at radius 2 is 0.589 bits per heavy atom. The van der Waals surface area contributed by atoms with E-state index in [2.05, 4.69) is 31.3 Å². The highest BCUT2D eigenvalue weighted by atomic mass is 16.8. The van der Waals surface area contributed by atoms with Gasteiger partial charge in [-0.05, 0) is 44.9 Å². The number of aliphatic hydroxyl groups excluding tert-OH is 11. The van der Waals surface area contributed by atoms with Gasteiger partial charge < -0.3 is 89.9 Å². The number of allylic oxidation sites excluding steroid dienone is 3. The second kappa shape index (κ2) is 68.7. The lowest BCUT2D eigenvalue weighted by Gasteiger charge is -2.48. The van der Waals surface area contributed by atoms with Gasteiger partial charge >= 0.3 is 0 Å². The maximum atomic E-state index is 13.5. The quantitative estimate of drug-likeness (QED) is 0.0199. The molecule has 12 N–H and O–H groups in total. The van der Waals surface area contributed by atoms with Crippen molar-refractivity contribution in [3.8, 4) is 0 Å². The molecule has 3 fully saturated rings. The van der Waals surface area contributed by atoms with Gasteiger partial charge in [-0.2, -0.15) is 0 Å². The summed E-state index contributed by atoms with van der Waals surface area (Å²) in [5.41, 5.74) is 0. The first kappa shape index (κ1) is 99.5. The fourth-order valence-electron chi connectivity index (χ4n) is 15.5. The minimum absolute atomic E-state index is 0.249. The van der Waals surface area contributed by atoms with Crippen molar-refractivity contribution in [2.45, 2.75) is 503 Å². The maximum absolute atomic E-state index is 13.5. The Hall–Kier alpha value is -1.73. The largest absolute Gasteiger partial charge is 0.394 e. The van der Waals surface area contributed by atoms with Gasteiger partial charge in [-0.25, -0.2) is 0 Å². The predicted octanol–water partition coefficient (Wildman–Crippen LogP) is 16.9. The summed E-state index contributed by atoms with van der Waals surface area (Å²) in [6.07, 6.45) is 59.0. The van der Waals surface area contributed by atoms with Crippen LogP contribution in [-0.2, 0) is 33.2 Å². The summed E-state index contributed by atoms with van der Waals surface area (Å²) in [6, 6.07) is -0.973. The number of ether oxygens (including phenoxy) is 6. The van der Waals surface area contributed by atoms with Crippen molar-refractivity contribution in [1.29, 1.82) is 0 Å². The normalized spacial score (nSPS) is 25.6. The molecule has 17 unspecified atom stereocenters. The summed E-state index contributed by atoms with van der Waals surface area (Å²) in [6.45, 7) is 1.81. The van der Waals surface area contributed by atoms with Crippen LogP contribution < -0.4 is 5.32 Å². The van der Waals surface area contributed by atoms with E-state index < -0.39 is 124 Å². The molecule has 17 atom stereocenters. The van der Waals surface area contributed by atoms with E-state index in [0.717, 1.165) is 44.9 Å². The lowest BCUT2D eigenvalue weighted by molar-refractivity contribution is -0.379. The van der Waals surface area contributed by atoms with Crippen LogP contribution >= 0.6 is 0 Å². The molecule has 0 aromatic carbocycles. The van der Waals surface area contributed by atoms with Crippen molar-refractivity contribution in [3.63, 3.8) is 0 Å². The van der Waals surface area contributed by atoms with Crippen LogP contribution in [0.15, 0.2) is 24.3 Å². The molecule has 632 valence electrons. The molecule has 107 heavy (non-hydrogen) atoms. The van der Waals surface area contributed by atoms with Crippen molar-refractivity contribution < 1.29 is 89.4 Å². The zero-order valence-electron chi connectivity index (χ0n) is 68.2. The van der Waals surface area contributed by atoms with Crippen LogP contribution in [0.5, 0.6) is 0 Å². The zero-order valence-corrected chi connectivity index (χ0v) is 68.2. The molecule has 0 aromatic rings. The number of unbranched alkanes of at least 4 members (excludes halogenated alkanes) is 56. The average molecular weight is 1530 g/mol. The third-order valence-corrected chi connectivity index (χ3v) is 22.7. The van der Waals surface area contributed by atoms with Crippen LogP contribution in [0.1, 0.15) is 399 Å². The van der Waals surface area contributed by atoms with Crippen LogP contribution in [0.25, 0.3) is 0 Å². The number of nitrogens with one attached hydrogen (secondary N) is 1. The van der Waals surface area contributed by atoms with E-state index in [1.807, 2.05) is 6.08 Å². The summed E-state index contributed by atoms with van der Waals surface area (Å²) in [5, 5.41) is 121. The molecule has 0 spiro atoms. The molecular weight excluding hydrogens is 1360 g/mol. The number of carbonyl (C=O) groups is 1. The summed E-state index contributed by atoms with van der Waals surface area (Å²) < 4.78 is 34.5. The first-order chi connectivity index (χ1) is 52.3. The molecule has 0 bridgehead atoms. The minimum atomic E-state index is -1.98. The van der Waals surface area contributed by atoms with Gasteiger partial charge in [0.1, 0.15) is 73.2 Å². The van der Waals surface area contributed by atoms with Gasteiger partial charge in [0, 0.05) is 6.42 Å². The van der Waals surface area contributed by atoms with Gasteiger partial charge in [0.25, 0.3) is 0 Å². The number of aliphatic hydroxyl groups is 11. The zero-order chi connectivity index (χ0) is 77.4. The van der Waals surface area contributed by atoms with Gasteiger partial charge in [-0.15, -0.1) is 0 Å². The standard InChI is InChI=1S/C88H167NO18/c1-3-5-7-9-11-13-15-17-19-21-23-25-27-29-31-33-34-35-36-38-40-42-44-46-48-50-52-54-56-58-60-62-64-66-76(94)89-71(72(93)65-63-61-59-57-55-53-51-49-47-45-43-41-39-37-32-30-28-26-24-22-20-18-16-14-12-10-8-6-4-2)70-102-86-82(100)79(97)84(74(68-91)104-86)107-88-83(101)80(98)85(75(69-92)105-88)106-87-81(99)78(96)77(95)73(67-90)103-87/h21,23,63,65,71-75,77-88,90-93,95-101H,3-20,22,24-62,64,66-70H2,1-2H3,(H,89,94)/b23-21-,65-63+. The second-order valence-electron chi connectivity index (χ2n) is 32.4. The number of hydrogen-bond donors (Lipinski definition) is 12. The molecule has 0 aromatic heterocycles.